The van der Waals surface area contributed by atoms with Crippen LogP contribution in [-0.2, 0) is 21.1 Å². The van der Waals surface area contributed by atoms with Gasteiger partial charge in [0.15, 0.2) is 15.0 Å². The molecule has 0 aromatic heterocycles. The summed E-state index contributed by atoms with van der Waals surface area (Å²) < 4.78 is 35.1. The molecule has 7 nitrogen and oxygen atoms in total. The Morgan fingerprint density at radius 1 is 1.10 bits per heavy atom. The van der Waals surface area contributed by atoms with Gasteiger partial charge in [-0.2, -0.15) is 4.99 Å². The first-order valence-electron chi connectivity index (χ1n) is 10.0. The van der Waals surface area contributed by atoms with Gasteiger partial charge in [0, 0.05) is 10.9 Å². The lowest BCUT2D eigenvalue weighted by molar-refractivity contribution is -0.117. The molecule has 2 aromatic rings. The number of aliphatic imine (C=N–C) groups is 1. The van der Waals surface area contributed by atoms with Crippen LogP contribution in [0.5, 0.6) is 11.5 Å². The molecule has 2 saturated heterocycles. The van der Waals surface area contributed by atoms with E-state index in [9.17, 15) is 13.2 Å². The quantitative estimate of drug-likeness (QED) is 0.655. The first-order chi connectivity index (χ1) is 14.9. The third kappa shape index (κ3) is 4.88. The molecule has 164 valence electrons. The molecule has 2 aliphatic rings. The van der Waals surface area contributed by atoms with Crippen molar-refractivity contribution in [2.45, 2.75) is 24.6 Å². The van der Waals surface area contributed by atoms with E-state index < -0.39 is 9.84 Å². The Balaban J connectivity index is 1.59. The number of ether oxygens (including phenoxy) is 2. The topological polar surface area (TPSA) is 85.3 Å². The number of thioether (sulfide) groups is 1. The molecular weight excluding hydrogens is 436 g/mol. The summed E-state index contributed by atoms with van der Waals surface area (Å²) in [4.78, 5) is 18.9. The molecule has 2 heterocycles. The summed E-state index contributed by atoms with van der Waals surface area (Å²) in [5.41, 5.74) is 1.64. The Morgan fingerprint density at radius 2 is 1.77 bits per heavy atom. The maximum Gasteiger partial charge on any atom is 0.252 e. The molecule has 0 bridgehead atoms. The highest BCUT2D eigenvalue weighted by Crippen LogP contribution is 2.41. The third-order valence-corrected chi connectivity index (χ3v) is 8.44. The van der Waals surface area contributed by atoms with Gasteiger partial charge in [0.2, 0.25) is 0 Å². The van der Waals surface area contributed by atoms with Crippen molar-refractivity contribution in [1.82, 2.24) is 0 Å². The smallest absolute Gasteiger partial charge is 0.252 e. The molecule has 0 unspecified atom stereocenters. The molecule has 0 aliphatic carbocycles. The van der Waals surface area contributed by atoms with Crippen molar-refractivity contribution in [3.05, 3.63) is 54.1 Å². The fraction of sp³-hybridized carbons (Fsp3) is 0.364. The van der Waals surface area contributed by atoms with Crippen LogP contribution in [-0.4, -0.2) is 56.0 Å². The van der Waals surface area contributed by atoms with E-state index in [1.807, 2.05) is 60.4 Å². The van der Waals surface area contributed by atoms with Crippen molar-refractivity contribution in [3.63, 3.8) is 0 Å². The van der Waals surface area contributed by atoms with E-state index >= 15 is 0 Å². The highest BCUT2D eigenvalue weighted by atomic mass is 32.2. The number of hydrogen-bond acceptors (Lipinski definition) is 6. The van der Waals surface area contributed by atoms with Crippen LogP contribution in [0, 0.1) is 0 Å². The van der Waals surface area contributed by atoms with Gasteiger partial charge in [-0.1, -0.05) is 23.9 Å². The van der Waals surface area contributed by atoms with E-state index in [4.69, 9.17) is 9.47 Å². The Hall–Kier alpha value is -2.52. The van der Waals surface area contributed by atoms with E-state index in [2.05, 4.69) is 4.99 Å². The SMILES string of the molecule is CCOc1ccc(N2C(=NC(=O)Cc3ccc(OC)cc3)S[C@@H]3CS(=O)(=O)C[C@@H]32)cc1. The minimum atomic E-state index is -3.11. The lowest BCUT2D eigenvalue weighted by atomic mass is 10.1. The lowest BCUT2D eigenvalue weighted by Gasteiger charge is -2.24. The first kappa shape index (κ1) is 21.7. The van der Waals surface area contributed by atoms with Crippen LogP contribution in [0.15, 0.2) is 53.5 Å². The second-order valence-electron chi connectivity index (χ2n) is 7.41. The van der Waals surface area contributed by atoms with Crippen LogP contribution in [0.1, 0.15) is 12.5 Å². The predicted molar refractivity (Wildman–Crippen MR) is 123 cm³/mol. The minimum absolute atomic E-state index is 0.0591. The zero-order chi connectivity index (χ0) is 22.0. The molecular formula is C22H24N2O5S2. The van der Waals surface area contributed by atoms with E-state index in [0.717, 1.165) is 22.7 Å². The van der Waals surface area contributed by atoms with Gasteiger partial charge in [-0.15, -0.1) is 0 Å². The number of fused-ring (bicyclic) bond motifs is 1. The molecule has 1 amide bonds. The van der Waals surface area contributed by atoms with Crippen LogP contribution in [0.2, 0.25) is 0 Å². The maximum absolute atomic E-state index is 12.7. The molecule has 0 N–H and O–H groups in total. The van der Waals surface area contributed by atoms with Crippen molar-refractivity contribution in [1.29, 1.82) is 0 Å². The zero-order valence-electron chi connectivity index (χ0n) is 17.4. The Morgan fingerprint density at radius 3 is 2.42 bits per heavy atom. The molecule has 0 saturated carbocycles. The van der Waals surface area contributed by atoms with Crippen molar-refractivity contribution in [2.24, 2.45) is 4.99 Å². The highest BCUT2D eigenvalue weighted by Gasteiger charge is 2.49. The monoisotopic (exact) mass is 460 g/mol. The first-order valence-corrected chi connectivity index (χ1v) is 12.7. The molecule has 2 atom stereocenters. The van der Waals surface area contributed by atoms with Crippen LogP contribution < -0.4 is 14.4 Å². The molecule has 2 fully saturated rings. The third-order valence-electron chi connectivity index (χ3n) is 5.23. The van der Waals surface area contributed by atoms with Gasteiger partial charge in [0.1, 0.15) is 11.5 Å². The summed E-state index contributed by atoms with van der Waals surface area (Å²) in [6, 6.07) is 14.5. The van der Waals surface area contributed by atoms with Crippen LogP contribution >= 0.6 is 11.8 Å². The molecule has 4 rings (SSSR count). The van der Waals surface area contributed by atoms with Crippen molar-refractivity contribution < 1.29 is 22.7 Å². The summed E-state index contributed by atoms with van der Waals surface area (Å²) in [6.45, 7) is 2.48. The molecule has 9 heteroatoms. The summed E-state index contributed by atoms with van der Waals surface area (Å²) in [5, 5.41) is 0.414. The lowest BCUT2D eigenvalue weighted by Crippen LogP contribution is -2.37. The fourth-order valence-electron chi connectivity index (χ4n) is 3.80. The Bertz CT molecular complexity index is 1080. The molecule has 2 aliphatic heterocycles. The number of sulfone groups is 1. The standard InChI is InChI=1S/C22H24N2O5S2/c1-3-29-18-10-6-16(7-11-18)24-19-13-31(26,27)14-20(19)30-22(24)23-21(25)12-15-4-8-17(28-2)9-5-15/h4-11,19-20H,3,12-14H2,1-2H3/t19-,20+/m0/s1. The minimum Gasteiger partial charge on any atom is -0.497 e. The second-order valence-corrected chi connectivity index (χ2v) is 10.8. The number of methoxy groups -OCH3 is 1. The number of amidine groups is 1. The van der Waals surface area contributed by atoms with Gasteiger partial charge in [-0.3, -0.25) is 4.79 Å². The van der Waals surface area contributed by atoms with E-state index in [1.165, 1.54) is 11.8 Å². The number of carbonyl (C=O) groups is 1. The Labute approximate surface area is 186 Å². The van der Waals surface area contributed by atoms with Crippen molar-refractivity contribution in [2.75, 3.05) is 30.1 Å². The summed E-state index contributed by atoms with van der Waals surface area (Å²) in [6.07, 6.45) is 0.165. The molecule has 0 spiro atoms. The Kier molecular flexibility index (Phi) is 6.24. The second kappa shape index (κ2) is 8.92. The average molecular weight is 461 g/mol. The van der Waals surface area contributed by atoms with Gasteiger partial charge >= 0.3 is 0 Å². The summed E-state index contributed by atoms with van der Waals surface area (Å²) in [7, 11) is -1.52. The van der Waals surface area contributed by atoms with Crippen LogP contribution in [0.4, 0.5) is 5.69 Å². The molecule has 2 aromatic carbocycles. The van der Waals surface area contributed by atoms with Gasteiger partial charge in [0.05, 0.1) is 37.7 Å². The number of carbonyl (C=O) groups excluding carboxylic acids is 1. The van der Waals surface area contributed by atoms with Crippen LogP contribution in [0.25, 0.3) is 0 Å². The van der Waals surface area contributed by atoms with Crippen molar-refractivity contribution in [3.8, 4) is 11.5 Å². The fourth-order valence-corrected chi connectivity index (χ4v) is 7.73. The van der Waals surface area contributed by atoms with Gasteiger partial charge in [-0.05, 0) is 48.9 Å². The number of nitrogens with zero attached hydrogens (tertiary/aromatic N) is 2. The number of amides is 1. The van der Waals surface area contributed by atoms with E-state index in [-0.39, 0.29) is 35.1 Å². The number of anilines is 1. The number of rotatable bonds is 6. The van der Waals surface area contributed by atoms with E-state index in [1.54, 1.807) is 7.11 Å². The largest absolute Gasteiger partial charge is 0.497 e. The van der Waals surface area contributed by atoms with Gasteiger partial charge in [-0.25, -0.2) is 8.42 Å². The number of benzene rings is 2. The highest BCUT2D eigenvalue weighted by molar-refractivity contribution is 8.16. The van der Waals surface area contributed by atoms with Crippen molar-refractivity contribution >= 4 is 38.4 Å². The summed E-state index contributed by atoms with van der Waals surface area (Å²) in [5.74, 6) is 1.35. The zero-order valence-corrected chi connectivity index (χ0v) is 19.0. The van der Waals surface area contributed by atoms with Gasteiger partial charge < -0.3 is 14.4 Å². The average Bonchev–Trinajstić information content (AvgIpc) is 3.20. The van der Waals surface area contributed by atoms with Gasteiger partial charge in [0.25, 0.3) is 5.91 Å². The van der Waals surface area contributed by atoms with Crippen LogP contribution in [0.3, 0.4) is 0 Å². The molecule has 0 radical (unpaired) electrons. The maximum atomic E-state index is 12.7. The summed E-state index contributed by atoms with van der Waals surface area (Å²) >= 11 is 1.37. The number of hydrogen-bond donors (Lipinski definition) is 0. The normalized spacial score (nSPS) is 23.0. The van der Waals surface area contributed by atoms with E-state index in [0.29, 0.717) is 11.8 Å². The molecule has 31 heavy (non-hydrogen) atoms. The predicted octanol–water partition coefficient (Wildman–Crippen LogP) is 2.94.